The molecule has 33 heavy (non-hydrogen) atoms. The van der Waals surface area contributed by atoms with Gasteiger partial charge in [0.25, 0.3) is 5.91 Å². The minimum atomic E-state index is -0.499. The molecule has 4 aliphatic carbocycles. The first kappa shape index (κ1) is 20.8. The Morgan fingerprint density at radius 2 is 1.70 bits per heavy atom. The number of nitrogens with one attached hydrogen (secondary N) is 1. The zero-order valence-electron chi connectivity index (χ0n) is 18.7. The molecular formula is C25H30FN5O2. The van der Waals surface area contributed by atoms with Gasteiger partial charge in [-0.2, -0.15) is 0 Å². The van der Waals surface area contributed by atoms with Crippen LogP contribution < -0.4 is 15.1 Å². The minimum absolute atomic E-state index is 0.115. The topological polar surface area (TPSA) is 81.6 Å². The average Bonchev–Trinajstić information content (AvgIpc) is 2.81. The summed E-state index contributed by atoms with van der Waals surface area (Å²) >= 11 is 0. The second kappa shape index (κ2) is 7.94. The molecule has 5 fully saturated rings. The highest BCUT2D eigenvalue weighted by atomic mass is 19.1. The monoisotopic (exact) mass is 451 g/mol. The van der Waals surface area contributed by atoms with E-state index in [0.29, 0.717) is 23.4 Å². The maximum atomic E-state index is 13.1. The molecule has 1 aliphatic heterocycles. The van der Waals surface area contributed by atoms with Gasteiger partial charge in [-0.1, -0.05) is 6.07 Å². The van der Waals surface area contributed by atoms with E-state index in [2.05, 4.69) is 25.1 Å². The Kier molecular flexibility index (Phi) is 5.01. The number of hydrogen-bond donors (Lipinski definition) is 2. The summed E-state index contributed by atoms with van der Waals surface area (Å²) < 4.78 is 13.1. The molecule has 1 saturated heterocycles. The fraction of sp³-hybridized carbons (Fsp3) is 0.560. The van der Waals surface area contributed by atoms with Gasteiger partial charge in [-0.15, -0.1) is 0 Å². The number of anilines is 2. The third-order valence-corrected chi connectivity index (χ3v) is 8.15. The van der Waals surface area contributed by atoms with Crippen LogP contribution >= 0.6 is 0 Å². The molecule has 174 valence electrons. The molecule has 7 rings (SSSR count). The number of pyridine rings is 2. The van der Waals surface area contributed by atoms with Crippen molar-refractivity contribution in [3.8, 4) is 0 Å². The van der Waals surface area contributed by atoms with Crippen LogP contribution in [0.4, 0.5) is 16.0 Å². The molecule has 7 nitrogen and oxygen atoms in total. The zero-order valence-corrected chi connectivity index (χ0v) is 18.7. The summed E-state index contributed by atoms with van der Waals surface area (Å²) in [4.78, 5) is 26.3. The van der Waals surface area contributed by atoms with Gasteiger partial charge < -0.3 is 20.2 Å². The van der Waals surface area contributed by atoms with Crippen molar-refractivity contribution in [1.29, 1.82) is 0 Å². The van der Waals surface area contributed by atoms with Gasteiger partial charge in [0.15, 0.2) is 0 Å². The van der Waals surface area contributed by atoms with Crippen LogP contribution in [0.1, 0.15) is 42.6 Å². The first-order chi connectivity index (χ1) is 16.0. The molecule has 4 bridgehead atoms. The first-order valence-electron chi connectivity index (χ1n) is 12.1. The van der Waals surface area contributed by atoms with E-state index in [1.807, 2.05) is 12.1 Å². The smallest absolute Gasteiger partial charge is 0.270 e. The van der Waals surface area contributed by atoms with Crippen LogP contribution in [0.3, 0.4) is 0 Å². The largest absolute Gasteiger partial charge is 0.390 e. The third-order valence-electron chi connectivity index (χ3n) is 8.15. The number of carbonyl (C=O) groups excluding carboxylic acids is 1. The Labute approximate surface area is 193 Å². The Bertz CT molecular complexity index is 1020. The highest BCUT2D eigenvalue weighted by molar-refractivity contribution is 5.93. The predicted molar refractivity (Wildman–Crippen MR) is 123 cm³/mol. The maximum absolute atomic E-state index is 13.1. The van der Waals surface area contributed by atoms with E-state index in [1.165, 1.54) is 12.3 Å². The van der Waals surface area contributed by atoms with Gasteiger partial charge in [0, 0.05) is 32.2 Å². The molecule has 8 heteroatoms. The minimum Gasteiger partial charge on any atom is -0.390 e. The molecule has 2 aromatic rings. The standard InChI is InChI=1S/C25H30FN5O2/c26-19-4-5-21(27-15-19)30-6-8-31(9-7-30)22-3-1-2-20(28-22)24(32)29-23-17-10-16-11-18(23)14-25(33,12-16)13-17/h1-5,15-18,23,33H,6-14H2,(H,29,32)/t16?,17?,18?,23-,25-. The molecule has 2 unspecified atom stereocenters. The van der Waals surface area contributed by atoms with Gasteiger partial charge in [-0.25, -0.2) is 14.4 Å². The van der Waals surface area contributed by atoms with Crippen molar-refractivity contribution in [3.63, 3.8) is 0 Å². The molecule has 4 saturated carbocycles. The van der Waals surface area contributed by atoms with Crippen molar-refractivity contribution < 1.29 is 14.3 Å². The lowest BCUT2D eigenvalue weighted by Crippen LogP contribution is -2.61. The molecule has 0 aromatic carbocycles. The van der Waals surface area contributed by atoms with Gasteiger partial charge in [-0.3, -0.25) is 4.79 Å². The quantitative estimate of drug-likeness (QED) is 0.744. The van der Waals surface area contributed by atoms with Crippen molar-refractivity contribution in [1.82, 2.24) is 15.3 Å². The SMILES string of the molecule is O=C(N[C@H]1C2CC3CC1C[C@](O)(C3)C2)c1cccc(N2CCN(c3ccc(F)cn3)CC2)n1. The van der Waals surface area contributed by atoms with Crippen LogP contribution in [0.25, 0.3) is 0 Å². The third kappa shape index (κ3) is 3.94. The van der Waals surface area contributed by atoms with Crippen LogP contribution in [0.5, 0.6) is 0 Å². The molecule has 2 aromatic heterocycles. The molecule has 0 spiro atoms. The zero-order chi connectivity index (χ0) is 22.6. The molecule has 3 heterocycles. The highest BCUT2D eigenvalue weighted by Crippen LogP contribution is 2.55. The Morgan fingerprint density at radius 1 is 1.00 bits per heavy atom. The Morgan fingerprint density at radius 3 is 2.33 bits per heavy atom. The van der Waals surface area contributed by atoms with Crippen molar-refractivity contribution in [2.24, 2.45) is 17.8 Å². The summed E-state index contributed by atoms with van der Waals surface area (Å²) in [7, 11) is 0. The second-order valence-electron chi connectivity index (χ2n) is 10.4. The molecule has 2 N–H and O–H groups in total. The predicted octanol–water partition coefficient (Wildman–Crippen LogP) is 2.61. The highest BCUT2D eigenvalue weighted by Gasteiger charge is 2.55. The lowest BCUT2D eigenvalue weighted by molar-refractivity contribution is -0.136. The molecule has 0 radical (unpaired) electrons. The average molecular weight is 452 g/mol. The van der Waals surface area contributed by atoms with Crippen LogP contribution in [0.2, 0.25) is 0 Å². The summed E-state index contributed by atoms with van der Waals surface area (Å²) in [6, 6.07) is 8.90. The number of nitrogens with zero attached hydrogens (tertiary/aromatic N) is 4. The van der Waals surface area contributed by atoms with E-state index < -0.39 is 5.60 Å². The van der Waals surface area contributed by atoms with E-state index in [0.717, 1.165) is 69.9 Å². The number of aromatic nitrogens is 2. The van der Waals surface area contributed by atoms with E-state index >= 15 is 0 Å². The summed E-state index contributed by atoms with van der Waals surface area (Å²) in [6.45, 7) is 3.02. The van der Waals surface area contributed by atoms with E-state index in [4.69, 9.17) is 0 Å². The summed E-state index contributed by atoms with van der Waals surface area (Å²) in [5.74, 6) is 2.50. The Hall–Kier alpha value is -2.74. The van der Waals surface area contributed by atoms with Crippen LogP contribution in [-0.4, -0.2) is 58.8 Å². The van der Waals surface area contributed by atoms with E-state index in [9.17, 15) is 14.3 Å². The fourth-order valence-corrected chi connectivity index (χ4v) is 6.89. The second-order valence-corrected chi connectivity index (χ2v) is 10.4. The number of carbonyl (C=O) groups is 1. The van der Waals surface area contributed by atoms with Crippen LogP contribution in [0, 0.1) is 23.6 Å². The van der Waals surface area contributed by atoms with Crippen LogP contribution in [0.15, 0.2) is 36.5 Å². The summed E-state index contributed by atoms with van der Waals surface area (Å²) in [5, 5.41) is 14.1. The number of piperazine rings is 1. The van der Waals surface area contributed by atoms with Crippen molar-refractivity contribution in [2.45, 2.75) is 43.7 Å². The van der Waals surface area contributed by atoms with Gasteiger partial charge in [0.1, 0.15) is 23.1 Å². The van der Waals surface area contributed by atoms with Crippen molar-refractivity contribution in [2.75, 3.05) is 36.0 Å². The summed E-state index contributed by atoms with van der Waals surface area (Å²) in [5.41, 5.74) is -0.0516. The fourth-order valence-electron chi connectivity index (χ4n) is 6.89. The maximum Gasteiger partial charge on any atom is 0.270 e. The number of halogens is 1. The van der Waals surface area contributed by atoms with E-state index in [-0.39, 0.29) is 17.8 Å². The molecular weight excluding hydrogens is 421 g/mol. The van der Waals surface area contributed by atoms with Gasteiger partial charge in [-0.05, 0) is 74.1 Å². The molecule has 1 amide bonds. The van der Waals surface area contributed by atoms with Gasteiger partial charge in [0.05, 0.1) is 11.8 Å². The van der Waals surface area contributed by atoms with Crippen LogP contribution in [-0.2, 0) is 0 Å². The number of hydrogen-bond acceptors (Lipinski definition) is 6. The van der Waals surface area contributed by atoms with Gasteiger partial charge in [0.2, 0.25) is 0 Å². The van der Waals surface area contributed by atoms with Crippen molar-refractivity contribution >= 4 is 17.5 Å². The van der Waals surface area contributed by atoms with Crippen molar-refractivity contribution in [3.05, 3.63) is 48.0 Å². The molecule has 5 aliphatic rings. The first-order valence-corrected chi connectivity index (χ1v) is 12.1. The van der Waals surface area contributed by atoms with E-state index in [1.54, 1.807) is 12.1 Å². The Balaban J connectivity index is 1.10. The lowest BCUT2D eigenvalue weighted by atomic mass is 9.52. The number of rotatable bonds is 4. The number of amides is 1. The normalized spacial score (nSPS) is 32.8. The number of aliphatic hydroxyl groups is 1. The molecule has 2 atom stereocenters. The lowest BCUT2D eigenvalue weighted by Gasteiger charge is -2.58. The van der Waals surface area contributed by atoms with Gasteiger partial charge >= 0.3 is 0 Å². The summed E-state index contributed by atoms with van der Waals surface area (Å²) in [6.07, 6.45) is 6.04.